The predicted molar refractivity (Wildman–Crippen MR) is 118 cm³/mol. The van der Waals surface area contributed by atoms with Crippen molar-refractivity contribution in [3.05, 3.63) is 102 Å². The van der Waals surface area contributed by atoms with Crippen LogP contribution in [0.4, 0.5) is 5.69 Å². The summed E-state index contributed by atoms with van der Waals surface area (Å²) < 4.78 is 5.52. The molecule has 0 aliphatic carbocycles. The molecule has 3 aromatic carbocycles. The van der Waals surface area contributed by atoms with Crippen LogP contribution in [0.25, 0.3) is 0 Å². The smallest absolute Gasteiger partial charge is 0.334 e. The summed E-state index contributed by atoms with van der Waals surface area (Å²) in [4.78, 5) is 38.3. The standard InChI is InChI=1S/C25H24N2O4/c1-2-21(24(29)26-20-16-10-5-11-17-20)31-25(30)22(18-12-6-3-7-13-18)27-23(28)19-14-8-4-9-15-19/h3-17,21-22H,2H2,1H3,(H,26,29)(H,27,28). The fourth-order valence-electron chi connectivity index (χ4n) is 3.00. The third-order valence-electron chi connectivity index (χ3n) is 4.64. The molecular weight excluding hydrogens is 392 g/mol. The Hall–Kier alpha value is -3.93. The summed E-state index contributed by atoms with van der Waals surface area (Å²) in [7, 11) is 0. The molecule has 0 fully saturated rings. The molecule has 2 unspecified atom stereocenters. The summed E-state index contributed by atoms with van der Waals surface area (Å²) in [6.07, 6.45) is -0.703. The molecule has 2 N–H and O–H groups in total. The van der Waals surface area contributed by atoms with Gasteiger partial charge in [-0.1, -0.05) is 73.7 Å². The largest absolute Gasteiger partial charge is 0.450 e. The van der Waals surface area contributed by atoms with Gasteiger partial charge in [0, 0.05) is 11.3 Å². The van der Waals surface area contributed by atoms with Gasteiger partial charge in [0.15, 0.2) is 12.1 Å². The van der Waals surface area contributed by atoms with Gasteiger partial charge in [0.2, 0.25) is 0 Å². The molecule has 2 atom stereocenters. The van der Waals surface area contributed by atoms with E-state index in [1.165, 1.54) is 0 Å². The van der Waals surface area contributed by atoms with E-state index in [-0.39, 0.29) is 0 Å². The number of anilines is 1. The number of esters is 1. The zero-order valence-electron chi connectivity index (χ0n) is 17.2. The van der Waals surface area contributed by atoms with Crippen LogP contribution in [0, 0.1) is 0 Å². The summed E-state index contributed by atoms with van der Waals surface area (Å²) >= 11 is 0. The highest BCUT2D eigenvalue weighted by atomic mass is 16.5. The lowest BCUT2D eigenvalue weighted by Crippen LogP contribution is -2.39. The molecule has 2 amide bonds. The minimum absolute atomic E-state index is 0.290. The van der Waals surface area contributed by atoms with Crippen LogP contribution < -0.4 is 10.6 Å². The number of amides is 2. The molecular formula is C25H24N2O4. The minimum atomic E-state index is -1.05. The molecule has 0 spiro atoms. The van der Waals surface area contributed by atoms with Crippen molar-refractivity contribution < 1.29 is 19.1 Å². The Bertz CT molecular complexity index is 1010. The van der Waals surface area contributed by atoms with Gasteiger partial charge in [-0.3, -0.25) is 9.59 Å². The van der Waals surface area contributed by atoms with Gasteiger partial charge in [-0.25, -0.2) is 4.79 Å². The molecule has 0 aromatic heterocycles. The van der Waals surface area contributed by atoms with E-state index in [9.17, 15) is 14.4 Å². The van der Waals surface area contributed by atoms with Crippen LogP contribution in [-0.4, -0.2) is 23.9 Å². The second kappa shape index (κ2) is 10.7. The van der Waals surface area contributed by atoms with Crippen molar-refractivity contribution in [2.45, 2.75) is 25.5 Å². The number of carbonyl (C=O) groups is 3. The Labute approximate surface area is 181 Å². The second-order valence-corrected chi connectivity index (χ2v) is 6.87. The molecule has 6 nitrogen and oxygen atoms in total. The van der Waals surface area contributed by atoms with Crippen molar-refractivity contribution in [1.29, 1.82) is 0 Å². The first-order valence-corrected chi connectivity index (χ1v) is 10.1. The number of hydrogen-bond donors (Lipinski definition) is 2. The van der Waals surface area contributed by atoms with E-state index in [0.717, 1.165) is 0 Å². The SMILES string of the molecule is CCC(OC(=O)C(NC(=O)c1ccccc1)c1ccccc1)C(=O)Nc1ccccc1. The molecule has 0 saturated carbocycles. The number of rotatable bonds is 8. The first-order chi connectivity index (χ1) is 15.1. The Morgan fingerprint density at radius 3 is 1.94 bits per heavy atom. The Morgan fingerprint density at radius 1 is 0.806 bits per heavy atom. The van der Waals surface area contributed by atoms with Crippen LogP contribution in [0.5, 0.6) is 0 Å². The van der Waals surface area contributed by atoms with Crippen molar-refractivity contribution in [2.75, 3.05) is 5.32 Å². The van der Waals surface area contributed by atoms with Crippen LogP contribution in [0.1, 0.15) is 35.3 Å². The van der Waals surface area contributed by atoms with E-state index in [4.69, 9.17) is 4.74 Å². The Balaban J connectivity index is 1.75. The van der Waals surface area contributed by atoms with Crippen LogP contribution in [0.3, 0.4) is 0 Å². The van der Waals surface area contributed by atoms with Crippen molar-refractivity contribution in [3.63, 3.8) is 0 Å². The number of hydrogen-bond acceptors (Lipinski definition) is 4. The number of nitrogens with one attached hydrogen (secondary N) is 2. The van der Waals surface area contributed by atoms with E-state index < -0.39 is 29.9 Å². The molecule has 0 radical (unpaired) electrons. The third kappa shape index (κ3) is 6.02. The molecule has 0 saturated heterocycles. The van der Waals surface area contributed by atoms with Crippen LogP contribution in [0.15, 0.2) is 91.0 Å². The van der Waals surface area contributed by atoms with Crippen LogP contribution in [0.2, 0.25) is 0 Å². The lowest BCUT2D eigenvalue weighted by atomic mass is 10.1. The molecule has 0 bridgehead atoms. The molecule has 3 aromatic rings. The van der Waals surface area contributed by atoms with Gasteiger partial charge in [0.25, 0.3) is 11.8 Å². The van der Waals surface area contributed by atoms with Crippen molar-refractivity contribution in [1.82, 2.24) is 5.32 Å². The van der Waals surface area contributed by atoms with Gasteiger partial charge < -0.3 is 15.4 Å². The summed E-state index contributed by atoms with van der Waals surface area (Å²) in [6.45, 7) is 1.75. The van der Waals surface area contributed by atoms with E-state index in [1.807, 2.05) is 12.1 Å². The topological polar surface area (TPSA) is 84.5 Å². The quantitative estimate of drug-likeness (QED) is 0.541. The summed E-state index contributed by atoms with van der Waals surface area (Å²) in [6, 6.07) is 25.3. The van der Waals surface area contributed by atoms with Crippen molar-refractivity contribution in [2.24, 2.45) is 0 Å². The van der Waals surface area contributed by atoms with Gasteiger partial charge in [0.1, 0.15) is 0 Å². The van der Waals surface area contributed by atoms with E-state index in [2.05, 4.69) is 10.6 Å². The number of para-hydroxylation sites is 1. The average molecular weight is 416 g/mol. The number of carbonyl (C=O) groups excluding carboxylic acids is 3. The molecule has 3 rings (SSSR count). The summed E-state index contributed by atoms with van der Waals surface area (Å²) in [5.74, 6) is -1.54. The highest BCUT2D eigenvalue weighted by molar-refractivity contribution is 5.98. The van der Waals surface area contributed by atoms with E-state index >= 15 is 0 Å². The van der Waals surface area contributed by atoms with Crippen LogP contribution in [-0.2, 0) is 14.3 Å². The predicted octanol–water partition coefficient (Wildman–Crippen LogP) is 4.12. The molecule has 6 heteroatoms. The molecule has 158 valence electrons. The number of benzene rings is 3. The van der Waals surface area contributed by atoms with Crippen LogP contribution >= 0.6 is 0 Å². The van der Waals surface area contributed by atoms with Crippen molar-refractivity contribution in [3.8, 4) is 0 Å². The van der Waals surface area contributed by atoms with E-state index in [0.29, 0.717) is 23.2 Å². The maximum atomic E-state index is 13.0. The molecule has 0 aliphatic heterocycles. The first kappa shape index (κ1) is 21.8. The lowest BCUT2D eigenvalue weighted by molar-refractivity contribution is -0.156. The fourth-order valence-corrected chi connectivity index (χ4v) is 3.00. The lowest BCUT2D eigenvalue weighted by Gasteiger charge is -2.22. The van der Waals surface area contributed by atoms with Gasteiger partial charge in [-0.2, -0.15) is 0 Å². The number of ether oxygens (including phenoxy) is 1. The van der Waals surface area contributed by atoms with Crippen molar-refractivity contribution >= 4 is 23.5 Å². The van der Waals surface area contributed by atoms with Gasteiger partial charge in [0.05, 0.1) is 0 Å². The highest BCUT2D eigenvalue weighted by Crippen LogP contribution is 2.18. The molecule has 0 heterocycles. The summed E-state index contributed by atoms with van der Waals surface area (Å²) in [5.41, 5.74) is 1.60. The maximum Gasteiger partial charge on any atom is 0.334 e. The van der Waals surface area contributed by atoms with E-state index in [1.54, 1.807) is 85.8 Å². The van der Waals surface area contributed by atoms with Gasteiger partial charge in [-0.05, 0) is 36.2 Å². The zero-order chi connectivity index (χ0) is 22.1. The molecule has 0 aliphatic rings. The van der Waals surface area contributed by atoms with Gasteiger partial charge in [-0.15, -0.1) is 0 Å². The first-order valence-electron chi connectivity index (χ1n) is 10.1. The monoisotopic (exact) mass is 416 g/mol. The fraction of sp³-hybridized carbons (Fsp3) is 0.160. The normalized spacial score (nSPS) is 12.3. The minimum Gasteiger partial charge on any atom is -0.450 e. The zero-order valence-corrected chi connectivity index (χ0v) is 17.2. The molecule has 31 heavy (non-hydrogen) atoms. The second-order valence-electron chi connectivity index (χ2n) is 6.87. The summed E-state index contributed by atoms with van der Waals surface area (Å²) in [5, 5.41) is 5.46. The maximum absolute atomic E-state index is 13.0. The third-order valence-corrected chi connectivity index (χ3v) is 4.64. The average Bonchev–Trinajstić information content (AvgIpc) is 2.82. The Morgan fingerprint density at radius 2 is 1.35 bits per heavy atom. The highest BCUT2D eigenvalue weighted by Gasteiger charge is 2.29. The van der Waals surface area contributed by atoms with Gasteiger partial charge >= 0.3 is 5.97 Å². The Kier molecular flexibility index (Phi) is 7.54.